The van der Waals surface area contributed by atoms with Crippen molar-refractivity contribution in [2.75, 3.05) is 13.7 Å². The van der Waals surface area contributed by atoms with Crippen LogP contribution in [0.4, 0.5) is 4.79 Å². The number of thiazole rings is 1. The highest BCUT2D eigenvalue weighted by Crippen LogP contribution is 2.21. The number of carboxylic acid groups (broad SMARTS) is 1. The number of hydrogen-bond acceptors (Lipinski definition) is 5. The second kappa shape index (κ2) is 7.20. The van der Waals surface area contributed by atoms with Gasteiger partial charge in [-0.05, 0) is 13.8 Å². The van der Waals surface area contributed by atoms with Crippen molar-refractivity contribution < 1.29 is 19.4 Å². The second-order valence-electron chi connectivity index (χ2n) is 4.73. The van der Waals surface area contributed by atoms with Crippen LogP contribution in [0.25, 0.3) is 0 Å². The van der Waals surface area contributed by atoms with E-state index in [0.717, 1.165) is 5.01 Å². The van der Waals surface area contributed by atoms with Gasteiger partial charge in [-0.1, -0.05) is 0 Å². The highest BCUT2D eigenvalue weighted by Gasteiger charge is 2.27. The fourth-order valence-electron chi connectivity index (χ4n) is 1.56. The quantitative estimate of drug-likeness (QED) is 0.702. The number of methoxy groups -OCH3 is 1. The fraction of sp³-hybridized carbons (Fsp3) is 0.583. The molecule has 0 radical (unpaired) electrons. The van der Waals surface area contributed by atoms with Crippen LogP contribution in [0.2, 0.25) is 0 Å². The third-order valence-corrected chi connectivity index (χ3v) is 3.70. The summed E-state index contributed by atoms with van der Waals surface area (Å²) in [6.45, 7) is 3.86. The van der Waals surface area contributed by atoms with Crippen LogP contribution in [-0.4, -0.2) is 41.8 Å². The Labute approximate surface area is 121 Å². The minimum absolute atomic E-state index is 0.205. The molecule has 112 valence electrons. The van der Waals surface area contributed by atoms with Gasteiger partial charge in [-0.3, -0.25) is 0 Å². The van der Waals surface area contributed by atoms with E-state index in [4.69, 9.17) is 9.84 Å². The van der Waals surface area contributed by atoms with Crippen LogP contribution in [0, 0.1) is 0 Å². The van der Waals surface area contributed by atoms with E-state index in [9.17, 15) is 9.59 Å². The fourth-order valence-corrected chi connectivity index (χ4v) is 2.27. The van der Waals surface area contributed by atoms with Crippen molar-refractivity contribution in [2.24, 2.45) is 0 Å². The maximum Gasteiger partial charge on any atom is 0.326 e. The Morgan fingerprint density at radius 3 is 2.75 bits per heavy atom. The number of ether oxygens (including phenoxy) is 1. The summed E-state index contributed by atoms with van der Waals surface area (Å²) in [5, 5.41) is 16.7. The maximum atomic E-state index is 11.9. The number of carbonyl (C=O) groups is 2. The molecule has 0 fully saturated rings. The van der Waals surface area contributed by atoms with Gasteiger partial charge in [0.15, 0.2) is 0 Å². The Balaban J connectivity index is 2.59. The van der Waals surface area contributed by atoms with Crippen LogP contribution in [0.1, 0.15) is 25.3 Å². The molecular formula is C12H19N3O4S. The summed E-state index contributed by atoms with van der Waals surface area (Å²) in [4.78, 5) is 27.1. The van der Waals surface area contributed by atoms with Crippen LogP contribution in [0.5, 0.6) is 0 Å². The van der Waals surface area contributed by atoms with E-state index in [-0.39, 0.29) is 13.0 Å². The van der Waals surface area contributed by atoms with E-state index in [0.29, 0.717) is 0 Å². The first-order valence-corrected chi connectivity index (χ1v) is 6.95. The molecule has 8 heteroatoms. The van der Waals surface area contributed by atoms with Gasteiger partial charge in [0.05, 0.1) is 5.54 Å². The van der Waals surface area contributed by atoms with Crippen molar-refractivity contribution in [3.05, 3.63) is 16.6 Å². The summed E-state index contributed by atoms with van der Waals surface area (Å²) >= 11 is 1.42. The monoisotopic (exact) mass is 301 g/mol. The average molecular weight is 301 g/mol. The van der Waals surface area contributed by atoms with Crippen molar-refractivity contribution in [2.45, 2.75) is 31.8 Å². The first-order chi connectivity index (χ1) is 9.36. The van der Waals surface area contributed by atoms with Gasteiger partial charge in [0.1, 0.15) is 11.0 Å². The van der Waals surface area contributed by atoms with Crippen LogP contribution >= 0.6 is 11.3 Å². The Kier molecular flexibility index (Phi) is 5.90. The van der Waals surface area contributed by atoms with Gasteiger partial charge in [-0.2, -0.15) is 0 Å². The highest BCUT2D eigenvalue weighted by atomic mass is 32.1. The van der Waals surface area contributed by atoms with E-state index in [2.05, 4.69) is 15.6 Å². The highest BCUT2D eigenvalue weighted by molar-refractivity contribution is 7.09. The molecular weight excluding hydrogens is 282 g/mol. The number of urea groups is 1. The minimum atomic E-state index is -1.09. The molecule has 0 aromatic carbocycles. The molecule has 0 aliphatic rings. The number of nitrogens with zero attached hydrogens (tertiary/aromatic N) is 1. The molecule has 1 aromatic rings. The van der Waals surface area contributed by atoms with Crippen molar-refractivity contribution in [3.8, 4) is 0 Å². The zero-order chi connectivity index (χ0) is 15.2. The van der Waals surface area contributed by atoms with Gasteiger partial charge in [0.25, 0.3) is 0 Å². The lowest BCUT2D eigenvalue weighted by atomic mass is 10.1. The molecule has 0 saturated heterocycles. The first kappa shape index (κ1) is 16.4. The predicted molar refractivity (Wildman–Crippen MR) is 74.7 cm³/mol. The molecule has 1 rings (SSSR count). The average Bonchev–Trinajstić information content (AvgIpc) is 2.87. The minimum Gasteiger partial charge on any atom is -0.480 e. The van der Waals surface area contributed by atoms with Crippen LogP contribution in [0.3, 0.4) is 0 Å². The van der Waals surface area contributed by atoms with Crippen molar-refractivity contribution in [3.63, 3.8) is 0 Å². The van der Waals surface area contributed by atoms with Gasteiger partial charge in [0, 0.05) is 31.7 Å². The topological polar surface area (TPSA) is 101 Å². The Bertz CT molecular complexity index is 448. The Morgan fingerprint density at radius 1 is 1.55 bits per heavy atom. The van der Waals surface area contributed by atoms with Gasteiger partial charge in [-0.15, -0.1) is 11.3 Å². The van der Waals surface area contributed by atoms with E-state index in [1.54, 1.807) is 20.0 Å². The van der Waals surface area contributed by atoms with E-state index < -0.39 is 23.6 Å². The van der Waals surface area contributed by atoms with Crippen molar-refractivity contribution >= 4 is 23.3 Å². The lowest BCUT2D eigenvalue weighted by Crippen LogP contribution is -2.51. The number of amides is 2. The maximum absolute atomic E-state index is 11.9. The Morgan fingerprint density at radius 2 is 2.25 bits per heavy atom. The second-order valence-corrected chi connectivity index (χ2v) is 5.63. The van der Waals surface area contributed by atoms with Crippen LogP contribution in [0.15, 0.2) is 11.6 Å². The summed E-state index contributed by atoms with van der Waals surface area (Å²) in [5.74, 6) is -1.09. The third-order valence-electron chi connectivity index (χ3n) is 2.61. The summed E-state index contributed by atoms with van der Waals surface area (Å²) in [6.07, 6.45) is 1.86. The lowest BCUT2D eigenvalue weighted by Gasteiger charge is -2.25. The van der Waals surface area contributed by atoms with E-state index in [1.807, 2.05) is 5.38 Å². The van der Waals surface area contributed by atoms with Crippen molar-refractivity contribution in [1.82, 2.24) is 15.6 Å². The summed E-state index contributed by atoms with van der Waals surface area (Å²) in [7, 11) is 1.48. The van der Waals surface area contributed by atoms with Gasteiger partial charge in [-0.25, -0.2) is 14.6 Å². The zero-order valence-corrected chi connectivity index (χ0v) is 12.5. The molecule has 20 heavy (non-hydrogen) atoms. The van der Waals surface area contributed by atoms with Gasteiger partial charge >= 0.3 is 12.0 Å². The number of rotatable bonds is 7. The molecule has 1 aromatic heterocycles. The lowest BCUT2D eigenvalue weighted by molar-refractivity contribution is -0.139. The number of hydrogen-bond donors (Lipinski definition) is 3. The van der Waals surface area contributed by atoms with E-state index in [1.165, 1.54) is 18.4 Å². The third kappa shape index (κ3) is 4.78. The molecule has 7 nitrogen and oxygen atoms in total. The largest absolute Gasteiger partial charge is 0.480 e. The molecule has 0 aliphatic carbocycles. The number of carbonyl (C=O) groups excluding carboxylic acids is 1. The first-order valence-electron chi connectivity index (χ1n) is 6.07. The summed E-state index contributed by atoms with van der Waals surface area (Å²) < 4.78 is 4.82. The molecule has 1 unspecified atom stereocenters. The van der Waals surface area contributed by atoms with Gasteiger partial charge in [0.2, 0.25) is 0 Å². The molecule has 0 aliphatic heterocycles. The zero-order valence-electron chi connectivity index (χ0n) is 11.7. The van der Waals surface area contributed by atoms with Gasteiger partial charge < -0.3 is 20.5 Å². The summed E-state index contributed by atoms with van der Waals surface area (Å²) in [5.41, 5.74) is -0.664. The molecule has 3 N–H and O–H groups in total. The standard InChI is InChI=1S/C12H19N3O4S/c1-12(2,10-13-5-7-20-10)15-11(18)14-8(9(16)17)4-6-19-3/h5,7-8H,4,6H2,1-3H3,(H,16,17)(H2,14,15,18). The molecule has 2 amide bonds. The van der Waals surface area contributed by atoms with E-state index >= 15 is 0 Å². The normalized spacial score (nSPS) is 12.8. The molecule has 0 saturated carbocycles. The predicted octanol–water partition coefficient (Wildman–Crippen LogP) is 1.17. The number of aromatic nitrogens is 1. The smallest absolute Gasteiger partial charge is 0.326 e. The molecule has 0 spiro atoms. The molecule has 1 atom stereocenters. The van der Waals surface area contributed by atoms with Crippen molar-refractivity contribution in [1.29, 1.82) is 0 Å². The SMILES string of the molecule is COCCC(NC(=O)NC(C)(C)c1nccs1)C(=O)O. The molecule has 1 heterocycles. The van der Waals surface area contributed by atoms with Crippen LogP contribution in [-0.2, 0) is 15.1 Å². The molecule has 0 bridgehead atoms. The number of nitrogens with one attached hydrogen (secondary N) is 2. The van der Waals surface area contributed by atoms with Crippen LogP contribution < -0.4 is 10.6 Å². The summed E-state index contributed by atoms with van der Waals surface area (Å²) in [6, 6.07) is -1.53. The number of carboxylic acids is 1. The Hall–Kier alpha value is -1.67. The number of aliphatic carboxylic acids is 1.